The van der Waals surface area contributed by atoms with Gasteiger partial charge in [-0.25, -0.2) is 4.98 Å². The number of thiazole rings is 1. The molecule has 0 aliphatic heterocycles. The van der Waals surface area contributed by atoms with Crippen LogP contribution in [0.4, 0.5) is 18.3 Å². The number of aromatic nitrogens is 1. The Kier molecular flexibility index (Phi) is 4.69. The van der Waals surface area contributed by atoms with E-state index in [2.05, 4.69) is 15.0 Å². The Bertz CT molecular complexity index is 628. The molecule has 1 aromatic heterocycles. The number of rotatable bonds is 4. The summed E-state index contributed by atoms with van der Waals surface area (Å²) in [7, 11) is 0. The number of ether oxygens (including phenoxy) is 1. The van der Waals surface area contributed by atoms with Crippen LogP contribution in [0.1, 0.15) is 0 Å². The SMILES string of the molecule is O=C(CCl)Nc1ncc(-c2ccc(OC(F)(F)F)cc2)s1. The second-order valence-corrected chi connectivity index (χ2v) is 5.08. The zero-order chi connectivity index (χ0) is 15.5. The van der Waals surface area contributed by atoms with Crippen molar-refractivity contribution >= 4 is 34.0 Å². The molecule has 9 heteroatoms. The summed E-state index contributed by atoms with van der Waals surface area (Å²) in [5.41, 5.74) is 0.661. The van der Waals surface area contributed by atoms with Gasteiger partial charge < -0.3 is 10.1 Å². The smallest absolute Gasteiger partial charge is 0.406 e. The first kappa shape index (κ1) is 15.6. The maximum absolute atomic E-state index is 12.0. The van der Waals surface area contributed by atoms with Gasteiger partial charge in [0.25, 0.3) is 0 Å². The molecular weight excluding hydrogens is 329 g/mol. The Morgan fingerprint density at radius 2 is 2.00 bits per heavy atom. The minimum Gasteiger partial charge on any atom is -0.406 e. The molecule has 0 radical (unpaired) electrons. The van der Waals surface area contributed by atoms with Crippen LogP contribution in [-0.2, 0) is 4.79 Å². The topological polar surface area (TPSA) is 51.2 Å². The van der Waals surface area contributed by atoms with Gasteiger partial charge in [0.2, 0.25) is 5.91 Å². The van der Waals surface area contributed by atoms with Crippen molar-refractivity contribution in [1.82, 2.24) is 4.98 Å². The molecule has 0 saturated heterocycles. The normalized spacial score (nSPS) is 11.2. The molecule has 0 aliphatic rings. The van der Waals surface area contributed by atoms with E-state index in [4.69, 9.17) is 11.6 Å². The average Bonchev–Trinajstić information content (AvgIpc) is 2.86. The number of nitrogens with zero attached hydrogens (tertiary/aromatic N) is 1. The number of halogens is 4. The average molecular weight is 337 g/mol. The highest BCUT2D eigenvalue weighted by molar-refractivity contribution is 7.19. The van der Waals surface area contributed by atoms with Gasteiger partial charge in [-0.3, -0.25) is 4.79 Å². The van der Waals surface area contributed by atoms with Crippen molar-refractivity contribution in [2.24, 2.45) is 0 Å². The molecule has 0 atom stereocenters. The first-order chi connectivity index (χ1) is 9.87. The predicted octanol–water partition coefficient (Wildman–Crippen LogP) is 3.89. The molecule has 1 aromatic carbocycles. The molecule has 0 saturated carbocycles. The lowest BCUT2D eigenvalue weighted by molar-refractivity contribution is -0.274. The molecule has 1 N–H and O–H groups in total. The maximum Gasteiger partial charge on any atom is 0.573 e. The Morgan fingerprint density at radius 3 is 2.57 bits per heavy atom. The number of benzene rings is 1. The van der Waals surface area contributed by atoms with E-state index >= 15 is 0 Å². The minimum absolute atomic E-state index is 0.182. The molecule has 1 amide bonds. The van der Waals surface area contributed by atoms with E-state index < -0.39 is 6.36 Å². The van der Waals surface area contributed by atoms with E-state index in [9.17, 15) is 18.0 Å². The van der Waals surface area contributed by atoms with Gasteiger partial charge in [0.1, 0.15) is 11.6 Å². The lowest BCUT2D eigenvalue weighted by Gasteiger charge is -2.08. The molecule has 0 spiro atoms. The summed E-state index contributed by atoms with van der Waals surface area (Å²) < 4.78 is 39.9. The van der Waals surface area contributed by atoms with Crippen LogP contribution >= 0.6 is 22.9 Å². The summed E-state index contributed by atoms with van der Waals surface area (Å²) in [6.07, 6.45) is -3.21. The van der Waals surface area contributed by atoms with Crippen LogP contribution in [0.15, 0.2) is 30.5 Å². The maximum atomic E-state index is 12.0. The van der Waals surface area contributed by atoms with E-state index in [1.54, 1.807) is 0 Å². The summed E-state index contributed by atoms with van der Waals surface area (Å²) in [5.74, 6) is -0.865. The van der Waals surface area contributed by atoms with Crippen molar-refractivity contribution in [3.8, 4) is 16.2 Å². The van der Waals surface area contributed by atoms with Gasteiger partial charge in [-0.1, -0.05) is 11.3 Å². The zero-order valence-electron chi connectivity index (χ0n) is 10.3. The largest absolute Gasteiger partial charge is 0.573 e. The van der Waals surface area contributed by atoms with E-state index in [0.29, 0.717) is 15.6 Å². The minimum atomic E-state index is -4.72. The lowest BCUT2D eigenvalue weighted by Crippen LogP contribution is -2.16. The Morgan fingerprint density at radius 1 is 1.33 bits per heavy atom. The highest BCUT2D eigenvalue weighted by atomic mass is 35.5. The fourth-order valence-electron chi connectivity index (χ4n) is 1.44. The van der Waals surface area contributed by atoms with Gasteiger partial charge in [0.05, 0.1) is 4.88 Å². The molecule has 2 rings (SSSR count). The Hall–Kier alpha value is -1.80. The molecule has 21 heavy (non-hydrogen) atoms. The van der Waals surface area contributed by atoms with E-state index in [1.165, 1.54) is 41.8 Å². The van der Waals surface area contributed by atoms with Gasteiger partial charge in [0.15, 0.2) is 5.13 Å². The molecule has 112 valence electrons. The molecule has 0 aliphatic carbocycles. The molecule has 1 heterocycles. The quantitative estimate of drug-likeness (QED) is 0.862. The summed E-state index contributed by atoms with van der Waals surface area (Å²) in [6, 6.07) is 5.36. The first-order valence-electron chi connectivity index (χ1n) is 5.55. The summed E-state index contributed by atoms with van der Waals surface area (Å²) in [4.78, 5) is 15.8. The van der Waals surface area contributed by atoms with Gasteiger partial charge in [0, 0.05) is 6.20 Å². The lowest BCUT2D eigenvalue weighted by atomic mass is 10.2. The molecule has 0 fully saturated rings. The summed E-state index contributed by atoms with van der Waals surface area (Å²) in [6.45, 7) is 0. The summed E-state index contributed by atoms with van der Waals surface area (Å²) >= 11 is 6.54. The number of carbonyl (C=O) groups is 1. The molecule has 2 aromatic rings. The fourth-order valence-corrected chi connectivity index (χ4v) is 2.34. The predicted molar refractivity (Wildman–Crippen MR) is 73.6 cm³/mol. The number of anilines is 1. The second-order valence-electron chi connectivity index (χ2n) is 3.78. The Balaban J connectivity index is 2.10. The first-order valence-corrected chi connectivity index (χ1v) is 6.90. The number of nitrogens with one attached hydrogen (secondary N) is 1. The van der Waals surface area contributed by atoms with E-state index in [1.807, 2.05) is 0 Å². The van der Waals surface area contributed by atoms with Crippen molar-refractivity contribution in [3.05, 3.63) is 30.5 Å². The monoisotopic (exact) mass is 336 g/mol. The number of alkyl halides is 4. The third kappa shape index (κ3) is 4.61. The van der Waals surface area contributed by atoms with Gasteiger partial charge in [-0.2, -0.15) is 0 Å². The number of carbonyl (C=O) groups excluding carboxylic acids is 1. The summed E-state index contributed by atoms with van der Waals surface area (Å²) in [5, 5.41) is 2.85. The van der Waals surface area contributed by atoms with Crippen molar-refractivity contribution in [3.63, 3.8) is 0 Å². The van der Waals surface area contributed by atoms with Crippen LogP contribution < -0.4 is 10.1 Å². The van der Waals surface area contributed by atoms with Crippen LogP contribution in [0.25, 0.3) is 10.4 Å². The van der Waals surface area contributed by atoms with Crippen molar-refractivity contribution in [2.75, 3.05) is 11.2 Å². The third-order valence-electron chi connectivity index (χ3n) is 2.25. The van der Waals surface area contributed by atoms with Crippen molar-refractivity contribution < 1.29 is 22.7 Å². The van der Waals surface area contributed by atoms with Gasteiger partial charge >= 0.3 is 6.36 Å². The molecule has 4 nitrogen and oxygen atoms in total. The van der Waals surface area contributed by atoms with E-state index in [-0.39, 0.29) is 17.5 Å². The number of amides is 1. The van der Waals surface area contributed by atoms with Crippen LogP contribution in [0, 0.1) is 0 Å². The van der Waals surface area contributed by atoms with Crippen LogP contribution in [0.2, 0.25) is 0 Å². The van der Waals surface area contributed by atoms with Gasteiger partial charge in [-0.05, 0) is 29.8 Å². The molecule has 0 unspecified atom stereocenters. The van der Waals surface area contributed by atoms with Crippen LogP contribution in [-0.4, -0.2) is 23.1 Å². The fraction of sp³-hybridized carbons (Fsp3) is 0.167. The van der Waals surface area contributed by atoms with Crippen molar-refractivity contribution in [1.29, 1.82) is 0 Å². The number of hydrogen-bond donors (Lipinski definition) is 1. The van der Waals surface area contributed by atoms with Gasteiger partial charge in [-0.15, -0.1) is 24.8 Å². The second kappa shape index (κ2) is 6.31. The molecule has 0 bridgehead atoms. The highest BCUT2D eigenvalue weighted by Crippen LogP contribution is 2.31. The number of hydrogen-bond acceptors (Lipinski definition) is 4. The highest BCUT2D eigenvalue weighted by Gasteiger charge is 2.30. The third-order valence-corrected chi connectivity index (χ3v) is 3.45. The zero-order valence-corrected chi connectivity index (χ0v) is 11.9. The standard InChI is InChI=1S/C12H8ClF3N2O2S/c13-5-10(19)18-11-17-6-9(21-11)7-1-3-8(4-2-7)20-12(14,15)16/h1-4,6H,5H2,(H,17,18,19). The van der Waals surface area contributed by atoms with E-state index in [0.717, 1.165) is 0 Å². The van der Waals surface area contributed by atoms with Crippen LogP contribution in [0.5, 0.6) is 5.75 Å². The Labute approximate surface area is 126 Å². The van der Waals surface area contributed by atoms with Crippen molar-refractivity contribution in [2.45, 2.75) is 6.36 Å². The molecular formula is C12H8ClF3N2O2S. The van der Waals surface area contributed by atoms with Crippen LogP contribution in [0.3, 0.4) is 0 Å².